The highest BCUT2D eigenvalue weighted by Gasteiger charge is 2.63. The summed E-state index contributed by atoms with van der Waals surface area (Å²) >= 11 is 0. The Balaban J connectivity index is 1.28. The van der Waals surface area contributed by atoms with Crippen LogP contribution in [0.1, 0.15) is 107 Å². The van der Waals surface area contributed by atoms with E-state index in [9.17, 15) is 31.6 Å². The van der Waals surface area contributed by atoms with Gasteiger partial charge in [0.2, 0.25) is 21.8 Å². The van der Waals surface area contributed by atoms with Gasteiger partial charge < -0.3 is 34.5 Å². The molecule has 2 saturated carbocycles. The summed E-state index contributed by atoms with van der Waals surface area (Å²) in [6.45, 7) is 11.5. The Labute approximate surface area is 401 Å². The van der Waals surface area contributed by atoms with E-state index in [4.69, 9.17) is 23.9 Å². The number of methoxy groups -OCH3 is 1. The smallest absolute Gasteiger partial charge is 0.408 e. The van der Waals surface area contributed by atoms with Gasteiger partial charge >= 0.3 is 6.09 Å². The van der Waals surface area contributed by atoms with Crippen molar-refractivity contribution in [1.82, 2.24) is 25.2 Å². The molecule has 3 N–H and O–H groups in total. The first kappa shape index (κ1) is 51.3. The van der Waals surface area contributed by atoms with E-state index >= 15 is 9.18 Å². The average Bonchev–Trinajstić information content (AvgIpc) is 4.15. The number of alkyl halides is 2. The molecule has 376 valence electrons. The highest BCUT2D eigenvalue weighted by Crippen LogP contribution is 2.48. The first-order chi connectivity index (χ1) is 32.3. The number of nitrogens with one attached hydrogen (secondary N) is 3. The van der Waals surface area contributed by atoms with Crippen LogP contribution in [0.5, 0.6) is 17.2 Å². The molecule has 2 aliphatic carbocycles. The van der Waals surface area contributed by atoms with Gasteiger partial charge in [-0.05, 0) is 115 Å². The van der Waals surface area contributed by atoms with Crippen LogP contribution in [0.15, 0.2) is 54.6 Å². The molecule has 1 unspecified atom stereocenters. The van der Waals surface area contributed by atoms with E-state index in [1.54, 1.807) is 51.1 Å². The van der Waals surface area contributed by atoms with Crippen LogP contribution in [0, 0.1) is 23.6 Å². The number of benzene rings is 2. The number of carbonyl (C=O) groups excluding carboxylic acids is 4. The second kappa shape index (κ2) is 19.3. The van der Waals surface area contributed by atoms with E-state index in [0.717, 1.165) is 13.8 Å². The van der Waals surface area contributed by atoms with Crippen molar-refractivity contribution < 1.29 is 59.7 Å². The summed E-state index contributed by atoms with van der Waals surface area (Å²) in [5.41, 5.74) is -2.80. The molecule has 3 aromatic rings. The number of rotatable bonds is 13. The molecule has 0 radical (unpaired) electrons. The Morgan fingerprint density at radius 2 is 1.77 bits per heavy atom. The molecule has 1 aromatic heterocycles. The van der Waals surface area contributed by atoms with Crippen LogP contribution in [0.3, 0.4) is 0 Å². The zero-order valence-electron chi connectivity index (χ0n) is 40.6. The zero-order chi connectivity index (χ0) is 50.4. The van der Waals surface area contributed by atoms with Crippen molar-refractivity contribution in [1.29, 1.82) is 0 Å². The molecular formula is C50H64F3N5O10S. The van der Waals surface area contributed by atoms with Gasteiger partial charge in [0.05, 0.1) is 35.7 Å². The number of sulfonamides is 1. The van der Waals surface area contributed by atoms with Crippen LogP contribution >= 0.6 is 0 Å². The standard InChI is InChI=1S/C50H64F3N5O10S/c1-10-30-21-29(4)13-11-12-14-32-26-50(32,45(61)57-69(63,64)48(7)19-20-48)56-43(59)39-24-34(27-58(39)44(60)42(30)55-46(62)68-47(5,6)49(8,52)53)67-41-25-37(54-38-23-33(65-9)16-17-35(38)41)31-15-18-40(36(51)22-31)66-28(2)3/h12,14-18,22-23,25,28-30,32,34,39,42H,10-11,13,19-21,24,26-27H2,1-9H3,(H,55,62)(H,56,59)(H,57,61)/b14-12-/t29-,30-,32?,34-,39+,42+,50-/m1/s1. The minimum absolute atomic E-state index is 0.0173. The van der Waals surface area contributed by atoms with Crippen molar-refractivity contribution in [2.75, 3.05) is 13.7 Å². The number of pyridine rings is 1. The minimum atomic E-state index is -4.11. The maximum atomic E-state index is 15.4. The van der Waals surface area contributed by atoms with Crippen molar-refractivity contribution in [2.45, 2.75) is 153 Å². The van der Waals surface area contributed by atoms with E-state index in [1.807, 2.05) is 26.0 Å². The summed E-state index contributed by atoms with van der Waals surface area (Å²) in [7, 11) is -2.61. The topological polar surface area (TPSA) is 192 Å². The number of ether oxygens (including phenoxy) is 4. The van der Waals surface area contributed by atoms with Crippen LogP contribution in [-0.4, -0.2) is 102 Å². The third-order valence-corrected chi connectivity index (χ3v) is 16.3. The fourth-order valence-corrected chi connectivity index (χ4v) is 10.3. The van der Waals surface area contributed by atoms with Crippen molar-refractivity contribution in [2.24, 2.45) is 17.8 Å². The summed E-state index contributed by atoms with van der Waals surface area (Å²) in [5.74, 6) is -6.78. The lowest BCUT2D eigenvalue weighted by atomic mass is 9.85. The number of halogens is 3. The van der Waals surface area contributed by atoms with Crippen LogP contribution in [0.2, 0.25) is 0 Å². The molecule has 7 atom stereocenters. The number of allylic oxidation sites excluding steroid dienone is 1. The minimum Gasteiger partial charge on any atom is -0.497 e. The molecule has 7 rings (SSSR count). The van der Waals surface area contributed by atoms with Gasteiger partial charge in [0.25, 0.3) is 11.8 Å². The fraction of sp³-hybridized carbons (Fsp3) is 0.580. The summed E-state index contributed by atoms with van der Waals surface area (Å²) in [6.07, 6.45) is 3.91. The van der Waals surface area contributed by atoms with Crippen LogP contribution in [-0.2, 0) is 29.1 Å². The van der Waals surface area contributed by atoms with Gasteiger partial charge in [-0.1, -0.05) is 32.4 Å². The van der Waals surface area contributed by atoms with Gasteiger partial charge in [-0.3, -0.25) is 19.1 Å². The highest BCUT2D eigenvalue weighted by molar-refractivity contribution is 7.91. The van der Waals surface area contributed by atoms with Gasteiger partial charge in [-0.15, -0.1) is 0 Å². The second-order valence-electron chi connectivity index (χ2n) is 20.3. The molecule has 0 spiro atoms. The molecule has 2 aromatic carbocycles. The third-order valence-electron chi connectivity index (χ3n) is 14.1. The first-order valence-corrected chi connectivity index (χ1v) is 25.1. The number of aromatic nitrogens is 1. The average molecular weight is 984 g/mol. The van der Waals surface area contributed by atoms with Gasteiger partial charge in [0, 0.05) is 42.3 Å². The Morgan fingerprint density at radius 1 is 1.04 bits per heavy atom. The number of amides is 4. The molecule has 3 fully saturated rings. The molecule has 0 bridgehead atoms. The molecule has 4 aliphatic rings. The lowest BCUT2D eigenvalue weighted by Crippen LogP contribution is -2.60. The maximum Gasteiger partial charge on any atom is 0.408 e. The number of fused-ring (bicyclic) bond motifs is 3. The molecule has 4 amide bonds. The number of alkyl carbamates (subject to hydrolysis) is 1. The first-order valence-electron chi connectivity index (χ1n) is 23.7. The second-order valence-corrected chi connectivity index (χ2v) is 22.5. The van der Waals surface area contributed by atoms with Crippen molar-refractivity contribution >= 4 is 44.7 Å². The van der Waals surface area contributed by atoms with Crippen LogP contribution < -0.4 is 29.6 Å². The van der Waals surface area contributed by atoms with Crippen molar-refractivity contribution in [3.63, 3.8) is 0 Å². The van der Waals surface area contributed by atoms with Gasteiger partial charge in [-0.25, -0.2) is 31.4 Å². The van der Waals surface area contributed by atoms with E-state index in [-0.39, 0.29) is 42.9 Å². The number of hydrogen-bond acceptors (Lipinski definition) is 11. The van der Waals surface area contributed by atoms with E-state index < -0.39 is 91.5 Å². The van der Waals surface area contributed by atoms with Crippen LogP contribution in [0.4, 0.5) is 18.0 Å². The van der Waals surface area contributed by atoms with E-state index in [2.05, 4.69) is 15.4 Å². The summed E-state index contributed by atoms with van der Waals surface area (Å²) in [4.78, 5) is 64.0. The van der Waals surface area contributed by atoms with Crippen LogP contribution in [0.25, 0.3) is 22.2 Å². The summed E-state index contributed by atoms with van der Waals surface area (Å²) in [5, 5.41) is 5.99. The predicted octanol–water partition coefficient (Wildman–Crippen LogP) is 7.99. The molecule has 15 nitrogen and oxygen atoms in total. The van der Waals surface area contributed by atoms with Crippen molar-refractivity contribution in [3.05, 3.63) is 60.4 Å². The van der Waals surface area contributed by atoms with E-state index in [0.29, 0.717) is 73.4 Å². The predicted molar refractivity (Wildman–Crippen MR) is 252 cm³/mol. The Bertz CT molecular complexity index is 2620. The maximum absolute atomic E-state index is 15.4. The molecular weight excluding hydrogens is 920 g/mol. The molecule has 3 heterocycles. The Kier molecular flexibility index (Phi) is 14.3. The van der Waals surface area contributed by atoms with Gasteiger partial charge in [-0.2, -0.15) is 0 Å². The Hall–Kier alpha value is -5.59. The number of hydrogen-bond donors (Lipinski definition) is 3. The normalized spacial score (nSPS) is 26.7. The fourth-order valence-electron chi connectivity index (χ4n) is 9.03. The van der Waals surface area contributed by atoms with Gasteiger partial charge in [0.1, 0.15) is 35.2 Å². The summed E-state index contributed by atoms with van der Waals surface area (Å²) in [6, 6.07) is 8.47. The summed E-state index contributed by atoms with van der Waals surface area (Å²) < 4.78 is 95.6. The molecule has 19 heteroatoms. The zero-order valence-corrected chi connectivity index (χ0v) is 41.4. The van der Waals surface area contributed by atoms with Gasteiger partial charge in [0.15, 0.2) is 17.2 Å². The van der Waals surface area contributed by atoms with E-state index in [1.165, 1.54) is 24.1 Å². The molecule has 2 aliphatic heterocycles. The lowest BCUT2D eigenvalue weighted by molar-refractivity contribution is -0.152. The Morgan fingerprint density at radius 3 is 2.41 bits per heavy atom. The molecule has 1 saturated heterocycles. The lowest BCUT2D eigenvalue weighted by Gasteiger charge is -2.35. The largest absolute Gasteiger partial charge is 0.497 e. The quantitative estimate of drug-likeness (QED) is 0.141. The SMILES string of the molecule is CC[C@@H]1C[C@H](C)CC/C=C\C2C[C@@]2(C(=O)NS(=O)(=O)C2(C)CC2)NC(=O)[C@@H]2C[C@@H](Oc3cc(-c4ccc(OC(C)C)c(F)c4)nc4cc(OC)ccc34)CN2C(=O)[C@H]1NC(=O)OC(C)(C)C(C)(F)F. The molecule has 69 heavy (non-hydrogen) atoms. The number of nitrogens with zero attached hydrogens (tertiary/aromatic N) is 2. The monoisotopic (exact) mass is 983 g/mol. The number of carbonyl (C=O) groups is 4. The third kappa shape index (κ3) is 10.9. The van der Waals surface area contributed by atoms with Crippen molar-refractivity contribution in [3.8, 4) is 28.5 Å². The highest BCUT2D eigenvalue weighted by atomic mass is 32.2.